The number of hydrogen-bond acceptors (Lipinski definition) is 3. The molecule has 1 aliphatic heterocycles. The van der Waals surface area contributed by atoms with Gasteiger partial charge in [0.1, 0.15) is 0 Å². The summed E-state index contributed by atoms with van der Waals surface area (Å²) in [5.74, 6) is 0. The van der Waals surface area contributed by atoms with Gasteiger partial charge in [-0.2, -0.15) is 5.10 Å². The van der Waals surface area contributed by atoms with Gasteiger partial charge in [0.25, 0.3) is 0 Å². The van der Waals surface area contributed by atoms with Gasteiger partial charge in [-0.25, -0.2) is 0 Å². The fraction of sp³-hybridized carbons (Fsp3) is 0.500. The molecule has 1 aromatic carbocycles. The van der Waals surface area contributed by atoms with E-state index < -0.39 is 0 Å². The molecule has 1 N–H and O–H groups in total. The predicted octanol–water partition coefficient (Wildman–Crippen LogP) is 3.34. The smallest absolute Gasteiger partial charge is 0.0700 e. The van der Waals surface area contributed by atoms with Crippen molar-refractivity contribution in [1.82, 2.24) is 15.1 Å². The van der Waals surface area contributed by atoms with Gasteiger partial charge in [-0.05, 0) is 31.4 Å². The van der Waals surface area contributed by atoms with Crippen LogP contribution >= 0.6 is 0 Å². The molecule has 0 bridgehead atoms. The van der Waals surface area contributed by atoms with Crippen molar-refractivity contribution >= 4 is 0 Å². The molecule has 0 unspecified atom stereocenters. The molecule has 0 radical (unpaired) electrons. The maximum atomic E-state index is 5.44. The Morgan fingerprint density at radius 1 is 1.23 bits per heavy atom. The lowest BCUT2D eigenvalue weighted by atomic mass is 9.98. The standard InChI is InChI=1S/C18H25N3O/c1-4-17-18(13(2)19-20-17)16-7-5-15(6-8-16)14(3)21-9-11-22-12-10-21/h5-8,14H,4,9-12H2,1-3H3,(H,19,20)/t14-/m0/s1. The Morgan fingerprint density at radius 3 is 2.55 bits per heavy atom. The van der Waals surface area contributed by atoms with E-state index in [-0.39, 0.29) is 0 Å². The lowest BCUT2D eigenvalue weighted by molar-refractivity contribution is 0.0198. The average molecular weight is 299 g/mol. The van der Waals surface area contributed by atoms with Crippen LogP contribution in [-0.2, 0) is 11.2 Å². The number of aromatic amines is 1. The summed E-state index contributed by atoms with van der Waals surface area (Å²) in [6.45, 7) is 10.2. The molecule has 0 amide bonds. The number of benzene rings is 1. The largest absolute Gasteiger partial charge is 0.379 e. The predicted molar refractivity (Wildman–Crippen MR) is 88.9 cm³/mol. The van der Waals surface area contributed by atoms with Gasteiger partial charge in [0.15, 0.2) is 0 Å². The van der Waals surface area contributed by atoms with Crippen LogP contribution in [0.5, 0.6) is 0 Å². The molecular weight excluding hydrogens is 274 g/mol. The van der Waals surface area contributed by atoms with E-state index in [4.69, 9.17) is 4.74 Å². The first-order chi connectivity index (χ1) is 10.7. The van der Waals surface area contributed by atoms with Gasteiger partial charge in [0, 0.05) is 30.4 Å². The summed E-state index contributed by atoms with van der Waals surface area (Å²) in [7, 11) is 0. The average Bonchev–Trinajstić information content (AvgIpc) is 2.96. The van der Waals surface area contributed by atoms with Crippen LogP contribution in [0, 0.1) is 6.92 Å². The molecule has 4 heteroatoms. The van der Waals surface area contributed by atoms with Crippen LogP contribution in [0.3, 0.4) is 0 Å². The van der Waals surface area contributed by atoms with Crippen molar-refractivity contribution in [3.05, 3.63) is 41.2 Å². The maximum absolute atomic E-state index is 5.44. The topological polar surface area (TPSA) is 41.2 Å². The zero-order chi connectivity index (χ0) is 15.5. The summed E-state index contributed by atoms with van der Waals surface area (Å²) in [6, 6.07) is 9.39. The molecule has 118 valence electrons. The van der Waals surface area contributed by atoms with Crippen LogP contribution in [0.15, 0.2) is 24.3 Å². The van der Waals surface area contributed by atoms with Crippen molar-refractivity contribution in [3.8, 4) is 11.1 Å². The van der Waals surface area contributed by atoms with Gasteiger partial charge in [-0.3, -0.25) is 10.00 Å². The molecule has 1 atom stereocenters. The minimum absolute atomic E-state index is 0.439. The monoisotopic (exact) mass is 299 g/mol. The molecule has 2 heterocycles. The highest BCUT2D eigenvalue weighted by Crippen LogP contribution is 2.28. The first-order valence-corrected chi connectivity index (χ1v) is 8.16. The van der Waals surface area contributed by atoms with Crippen LogP contribution in [0.25, 0.3) is 11.1 Å². The van der Waals surface area contributed by atoms with E-state index in [1.165, 1.54) is 16.7 Å². The number of aryl methyl sites for hydroxylation is 2. The number of ether oxygens (including phenoxy) is 1. The minimum atomic E-state index is 0.439. The van der Waals surface area contributed by atoms with Crippen LogP contribution < -0.4 is 0 Å². The van der Waals surface area contributed by atoms with Gasteiger partial charge in [0.05, 0.1) is 18.9 Å². The van der Waals surface area contributed by atoms with Crippen LogP contribution in [-0.4, -0.2) is 41.4 Å². The van der Waals surface area contributed by atoms with E-state index in [1.54, 1.807) is 0 Å². The minimum Gasteiger partial charge on any atom is -0.379 e. The molecule has 2 aromatic rings. The van der Waals surface area contributed by atoms with Crippen molar-refractivity contribution in [1.29, 1.82) is 0 Å². The molecule has 4 nitrogen and oxygen atoms in total. The van der Waals surface area contributed by atoms with E-state index >= 15 is 0 Å². The fourth-order valence-electron chi connectivity index (χ4n) is 3.22. The molecule has 1 fully saturated rings. The number of rotatable bonds is 4. The summed E-state index contributed by atoms with van der Waals surface area (Å²) >= 11 is 0. The van der Waals surface area contributed by atoms with Crippen molar-refractivity contribution in [2.75, 3.05) is 26.3 Å². The Bertz CT molecular complexity index is 612. The maximum Gasteiger partial charge on any atom is 0.0700 e. The number of nitrogens with one attached hydrogen (secondary N) is 1. The first kappa shape index (κ1) is 15.3. The third-order valence-electron chi connectivity index (χ3n) is 4.63. The van der Waals surface area contributed by atoms with Crippen LogP contribution in [0.4, 0.5) is 0 Å². The van der Waals surface area contributed by atoms with Crippen molar-refractivity contribution in [2.24, 2.45) is 0 Å². The van der Waals surface area contributed by atoms with Crippen LogP contribution in [0.1, 0.15) is 36.8 Å². The van der Waals surface area contributed by atoms with Gasteiger partial charge >= 0.3 is 0 Å². The Kier molecular flexibility index (Phi) is 4.60. The normalized spacial score (nSPS) is 17.6. The fourth-order valence-corrected chi connectivity index (χ4v) is 3.22. The third-order valence-corrected chi connectivity index (χ3v) is 4.63. The van der Waals surface area contributed by atoms with Crippen molar-refractivity contribution in [3.63, 3.8) is 0 Å². The summed E-state index contributed by atoms with van der Waals surface area (Å²) < 4.78 is 5.44. The Balaban J connectivity index is 1.81. The molecule has 1 aliphatic rings. The zero-order valence-corrected chi connectivity index (χ0v) is 13.7. The Labute approximate surface area is 132 Å². The molecule has 1 saturated heterocycles. The molecule has 0 saturated carbocycles. The Hall–Kier alpha value is -1.65. The SMILES string of the molecule is CCc1n[nH]c(C)c1-c1ccc([C@H](C)N2CCOCC2)cc1. The summed E-state index contributed by atoms with van der Waals surface area (Å²) in [6.07, 6.45) is 0.950. The third kappa shape index (κ3) is 2.94. The zero-order valence-electron chi connectivity index (χ0n) is 13.7. The number of morpholine rings is 1. The molecule has 0 aliphatic carbocycles. The quantitative estimate of drug-likeness (QED) is 0.941. The number of aromatic nitrogens is 2. The van der Waals surface area contributed by atoms with E-state index in [2.05, 4.69) is 60.1 Å². The molecule has 3 rings (SSSR count). The van der Waals surface area contributed by atoms with E-state index in [0.29, 0.717) is 6.04 Å². The molecule has 0 spiro atoms. The molecular formula is C18H25N3O. The van der Waals surface area contributed by atoms with Gasteiger partial charge in [-0.15, -0.1) is 0 Å². The number of hydrogen-bond donors (Lipinski definition) is 1. The van der Waals surface area contributed by atoms with Gasteiger partial charge < -0.3 is 4.74 Å². The number of nitrogens with zero attached hydrogens (tertiary/aromatic N) is 2. The molecule has 1 aromatic heterocycles. The van der Waals surface area contributed by atoms with E-state index in [1.807, 2.05) is 0 Å². The summed E-state index contributed by atoms with van der Waals surface area (Å²) in [5, 5.41) is 7.50. The second-order valence-corrected chi connectivity index (χ2v) is 5.97. The highest BCUT2D eigenvalue weighted by atomic mass is 16.5. The first-order valence-electron chi connectivity index (χ1n) is 8.16. The van der Waals surface area contributed by atoms with Crippen molar-refractivity contribution < 1.29 is 4.74 Å². The molecule has 22 heavy (non-hydrogen) atoms. The highest BCUT2D eigenvalue weighted by molar-refractivity contribution is 5.68. The van der Waals surface area contributed by atoms with E-state index in [0.717, 1.165) is 44.1 Å². The lowest BCUT2D eigenvalue weighted by Crippen LogP contribution is -2.37. The highest BCUT2D eigenvalue weighted by Gasteiger charge is 2.19. The van der Waals surface area contributed by atoms with E-state index in [9.17, 15) is 0 Å². The lowest BCUT2D eigenvalue weighted by Gasteiger charge is -2.32. The van der Waals surface area contributed by atoms with Crippen molar-refractivity contribution in [2.45, 2.75) is 33.2 Å². The second-order valence-electron chi connectivity index (χ2n) is 5.97. The summed E-state index contributed by atoms with van der Waals surface area (Å²) in [4.78, 5) is 2.49. The van der Waals surface area contributed by atoms with Crippen LogP contribution in [0.2, 0.25) is 0 Å². The van der Waals surface area contributed by atoms with Gasteiger partial charge in [-0.1, -0.05) is 31.2 Å². The Morgan fingerprint density at radius 2 is 1.91 bits per heavy atom. The van der Waals surface area contributed by atoms with Gasteiger partial charge in [0.2, 0.25) is 0 Å². The summed E-state index contributed by atoms with van der Waals surface area (Å²) in [5.41, 5.74) is 6.16. The number of H-pyrrole nitrogens is 1. The second kappa shape index (κ2) is 6.63.